The van der Waals surface area contributed by atoms with Crippen LogP contribution in [0.4, 0.5) is 0 Å². The number of hydrogen-bond acceptors (Lipinski definition) is 7. The van der Waals surface area contributed by atoms with Crippen molar-refractivity contribution in [3.8, 4) is 5.75 Å². The van der Waals surface area contributed by atoms with Gasteiger partial charge in [-0.2, -0.15) is 0 Å². The van der Waals surface area contributed by atoms with Crippen molar-refractivity contribution in [2.24, 2.45) is 0 Å². The van der Waals surface area contributed by atoms with Gasteiger partial charge in [0.05, 0.1) is 12.4 Å². The number of ether oxygens (including phenoxy) is 1. The summed E-state index contributed by atoms with van der Waals surface area (Å²) in [5.74, 6) is 0.802. The Kier molecular flexibility index (Phi) is 7.46. The predicted molar refractivity (Wildman–Crippen MR) is 147 cm³/mol. The molecule has 2 aliphatic rings. The number of nitrogens with one attached hydrogen (secondary N) is 2. The van der Waals surface area contributed by atoms with Gasteiger partial charge in [-0.1, -0.05) is 36.8 Å². The van der Waals surface area contributed by atoms with Crippen molar-refractivity contribution in [3.05, 3.63) is 60.3 Å². The quantitative estimate of drug-likeness (QED) is 0.311. The fraction of sp³-hybridized carbons (Fsp3) is 0.448. The van der Waals surface area contributed by atoms with Crippen molar-refractivity contribution in [1.29, 1.82) is 0 Å². The van der Waals surface area contributed by atoms with E-state index in [1.165, 1.54) is 19.3 Å². The van der Waals surface area contributed by atoms with Crippen molar-refractivity contribution >= 4 is 28.3 Å². The molecule has 9 heteroatoms. The third kappa shape index (κ3) is 5.21. The fourth-order valence-electron chi connectivity index (χ4n) is 5.84. The van der Waals surface area contributed by atoms with E-state index in [4.69, 9.17) is 4.74 Å². The van der Waals surface area contributed by atoms with Crippen molar-refractivity contribution in [3.63, 3.8) is 0 Å². The highest BCUT2D eigenvalue weighted by molar-refractivity contribution is 5.91. The molecule has 0 radical (unpaired) electrons. The number of imidazole rings is 1. The number of carbonyl (C=O) groups is 1. The topological polar surface area (TPSA) is 99.3 Å². The molecule has 2 saturated heterocycles. The standard InChI is InChI=1S/C29H35N7O2/c37-20-36(16-15-35-13-4-1-5-14-35)17-21-10-11-25(23-8-3-2-7-22(21)23)38-28(24-9-6-12-30-24)26-27-29(33-18-31-26)34-19-32-27/h2-3,7-8,10-11,18-20,24,28,30H,1,4-6,9,12-17H2,(H,31,32,33,34)/t24?,28-/m1/s1. The summed E-state index contributed by atoms with van der Waals surface area (Å²) in [6.45, 7) is 5.46. The van der Waals surface area contributed by atoms with Crippen LogP contribution < -0.4 is 10.1 Å². The Bertz CT molecular complexity index is 1380. The second-order valence-electron chi connectivity index (χ2n) is 10.3. The highest BCUT2D eigenvalue weighted by Gasteiger charge is 2.32. The van der Waals surface area contributed by atoms with Gasteiger partial charge in [0.2, 0.25) is 6.41 Å². The van der Waals surface area contributed by atoms with Crippen molar-refractivity contribution in [1.82, 2.24) is 35.1 Å². The monoisotopic (exact) mass is 513 g/mol. The van der Waals surface area contributed by atoms with Gasteiger partial charge in [-0.25, -0.2) is 15.0 Å². The number of benzene rings is 2. The molecule has 2 atom stereocenters. The molecule has 1 unspecified atom stereocenters. The van der Waals surface area contributed by atoms with Crippen LogP contribution in [0.1, 0.15) is 49.5 Å². The first-order valence-corrected chi connectivity index (χ1v) is 13.8. The SMILES string of the molecule is O=CN(CCN1CCCCC1)Cc1ccc(O[C@@H](c2ncnc3[nH]cnc23)C2CCCN2)c2ccccc12. The Morgan fingerprint density at radius 3 is 2.74 bits per heavy atom. The molecular weight excluding hydrogens is 478 g/mol. The van der Waals surface area contributed by atoms with Crippen LogP contribution in [0.2, 0.25) is 0 Å². The first-order chi connectivity index (χ1) is 18.8. The number of aromatic amines is 1. The summed E-state index contributed by atoms with van der Waals surface area (Å²) < 4.78 is 6.79. The number of likely N-dealkylation sites (tertiary alicyclic amines) is 1. The lowest BCUT2D eigenvalue weighted by molar-refractivity contribution is -0.118. The van der Waals surface area contributed by atoms with Gasteiger partial charge in [0, 0.05) is 25.0 Å². The summed E-state index contributed by atoms with van der Waals surface area (Å²) in [4.78, 5) is 32.8. The minimum Gasteiger partial charge on any atom is -0.482 e. The molecule has 9 nitrogen and oxygen atoms in total. The van der Waals surface area contributed by atoms with Crippen LogP contribution in [-0.2, 0) is 11.3 Å². The molecule has 2 aromatic heterocycles. The van der Waals surface area contributed by atoms with Gasteiger partial charge in [-0.15, -0.1) is 0 Å². The zero-order valence-electron chi connectivity index (χ0n) is 21.7. The van der Waals surface area contributed by atoms with Crippen LogP contribution in [0, 0.1) is 0 Å². The second-order valence-corrected chi connectivity index (χ2v) is 10.3. The molecule has 0 saturated carbocycles. The van der Waals surface area contributed by atoms with Crippen LogP contribution >= 0.6 is 0 Å². The molecule has 2 fully saturated rings. The zero-order valence-corrected chi connectivity index (χ0v) is 21.7. The van der Waals surface area contributed by atoms with E-state index in [0.29, 0.717) is 12.2 Å². The van der Waals surface area contributed by atoms with E-state index < -0.39 is 0 Å². The Labute approximate surface area is 222 Å². The van der Waals surface area contributed by atoms with E-state index in [1.54, 1.807) is 12.7 Å². The number of hydrogen-bond donors (Lipinski definition) is 2. The summed E-state index contributed by atoms with van der Waals surface area (Å²) in [7, 11) is 0. The molecule has 2 aromatic carbocycles. The maximum absolute atomic E-state index is 12.0. The number of rotatable bonds is 10. The lowest BCUT2D eigenvalue weighted by Gasteiger charge is -2.29. The summed E-state index contributed by atoms with van der Waals surface area (Å²) in [5.41, 5.74) is 3.35. The van der Waals surface area contributed by atoms with Gasteiger partial charge >= 0.3 is 0 Å². The number of carbonyl (C=O) groups excluding carboxylic acids is 1. The Hall–Kier alpha value is -3.56. The van der Waals surface area contributed by atoms with Gasteiger partial charge in [-0.05, 0) is 62.3 Å². The smallest absolute Gasteiger partial charge is 0.210 e. The molecule has 6 rings (SSSR count). The normalized spacial score (nSPS) is 19.1. The van der Waals surface area contributed by atoms with Crippen LogP contribution in [0.5, 0.6) is 5.75 Å². The molecule has 38 heavy (non-hydrogen) atoms. The lowest BCUT2D eigenvalue weighted by Crippen LogP contribution is -2.37. The van der Waals surface area contributed by atoms with E-state index >= 15 is 0 Å². The maximum Gasteiger partial charge on any atom is 0.210 e. The van der Waals surface area contributed by atoms with Gasteiger partial charge in [-0.3, -0.25) is 4.79 Å². The number of piperidine rings is 1. The molecule has 0 spiro atoms. The highest BCUT2D eigenvalue weighted by atomic mass is 16.5. The number of aromatic nitrogens is 4. The van der Waals surface area contributed by atoms with Gasteiger partial charge in [0.25, 0.3) is 0 Å². The molecule has 198 valence electrons. The average molecular weight is 514 g/mol. The predicted octanol–water partition coefficient (Wildman–Crippen LogP) is 3.82. The summed E-state index contributed by atoms with van der Waals surface area (Å²) >= 11 is 0. The Morgan fingerprint density at radius 1 is 1.05 bits per heavy atom. The number of amides is 1. The average Bonchev–Trinajstić information content (AvgIpc) is 3.68. The largest absolute Gasteiger partial charge is 0.482 e. The molecule has 2 N–H and O–H groups in total. The molecule has 2 aliphatic heterocycles. The van der Waals surface area contributed by atoms with Crippen molar-refractivity contribution in [2.75, 3.05) is 32.7 Å². The highest BCUT2D eigenvalue weighted by Crippen LogP contribution is 2.35. The number of nitrogens with zero attached hydrogens (tertiary/aromatic N) is 5. The summed E-state index contributed by atoms with van der Waals surface area (Å²) in [6, 6.07) is 12.5. The maximum atomic E-state index is 12.0. The third-order valence-electron chi connectivity index (χ3n) is 7.88. The Morgan fingerprint density at radius 2 is 1.92 bits per heavy atom. The molecule has 4 heterocycles. The number of fused-ring (bicyclic) bond motifs is 2. The molecule has 0 aliphatic carbocycles. The number of H-pyrrole nitrogens is 1. The van der Waals surface area contributed by atoms with Crippen LogP contribution in [-0.4, -0.2) is 74.9 Å². The minimum atomic E-state index is -0.309. The van der Waals surface area contributed by atoms with Gasteiger partial charge in [0.1, 0.15) is 23.3 Å². The van der Waals surface area contributed by atoms with Crippen LogP contribution in [0.3, 0.4) is 0 Å². The first kappa shape index (κ1) is 24.8. The van der Waals surface area contributed by atoms with Gasteiger partial charge < -0.3 is 24.8 Å². The van der Waals surface area contributed by atoms with E-state index in [0.717, 1.165) is 85.3 Å². The van der Waals surface area contributed by atoms with Crippen molar-refractivity contribution < 1.29 is 9.53 Å². The minimum absolute atomic E-state index is 0.128. The van der Waals surface area contributed by atoms with E-state index in [1.807, 2.05) is 23.1 Å². The summed E-state index contributed by atoms with van der Waals surface area (Å²) in [6.07, 6.45) is 9.81. The zero-order chi connectivity index (χ0) is 25.7. The third-order valence-corrected chi connectivity index (χ3v) is 7.88. The van der Waals surface area contributed by atoms with Crippen LogP contribution in [0.25, 0.3) is 21.9 Å². The lowest BCUT2D eigenvalue weighted by atomic mass is 10.0. The molecule has 4 aromatic rings. The molecule has 0 bridgehead atoms. The second kappa shape index (κ2) is 11.4. The molecule has 1 amide bonds. The fourth-order valence-corrected chi connectivity index (χ4v) is 5.84. The van der Waals surface area contributed by atoms with Crippen LogP contribution in [0.15, 0.2) is 49.1 Å². The summed E-state index contributed by atoms with van der Waals surface area (Å²) in [5, 5.41) is 5.72. The Balaban J connectivity index is 1.27. The first-order valence-electron chi connectivity index (χ1n) is 13.8. The van der Waals surface area contributed by atoms with E-state index in [9.17, 15) is 4.79 Å². The molecular formula is C29H35N7O2. The van der Waals surface area contributed by atoms with E-state index in [2.05, 4.69) is 48.4 Å². The van der Waals surface area contributed by atoms with Gasteiger partial charge in [0.15, 0.2) is 11.8 Å². The van der Waals surface area contributed by atoms with Crippen molar-refractivity contribution in [2.45, 2.75) is 50.8 Å². The van der Waals surface area contributed by atoms with E-state index in [-0.39, 0.29) is 12.1 Å².